The van der Waals surface area contributed by atoms with E-state index < -0.39 is 0 Å². The molecule has 0 saturated carbocycles. The van der Waals surface area contributed by atoms with Crippen LogP contribution in [0.25, 0.3) is 0 Å². The van der Waals surface area contributed by atoms with E-state index in [2.05, 4.69) is 20.9 Å². The molecule has 3 rings (SSSR count). The van der Waals surface area contributed by atoms with Gasteiger partial charge in [-0.25, -0.2) is 4.79 Å². The Hall–Kier alpha value is -1.83. The normalized spacial score (nSPS) is 20.3. The minimum Gasteiger partial charge on any atom is -0.337 e. The number of carbonyl (C=O) groups excluding carboxylic acids is 2. The number of nitrogens with zero attached hydrogens (tertiary/aromatic N) is 2. The Bertz CT molecular complexity index is 631. The highest BCUT2D eigenvalue weighted by Gasteiger charge is 2.31. The van der Waals surface area contributed by atoms with Crippen molar-refractivity contribution in [3.8, 4) is 0 Å². The van der Waals surface area contributed by atoms with E-state index >= 15 is 0 Å². The molecule has 2 aliphatic heterocycles. The molecular formula is C19H30ClN5O2. The zero-order valence-corrected chi connectivity index (χ0v) is 16.8. The molecule has 1 unspecified atom stereocenters. The molecule has 2 fully saturated rings. The number of piperazine rings is 1. The van der Waals surface area contributed by atoms with Gasteiger partial charge in [0, 0.05) is 62.6 Å². The molecule has 1 atom stereocenters. The summed E-state index contributed by atoms with van der Waals surface area (Å²) in [6.07, 6.45) is 1.04. The van der Waals surface area contributed by atoms with Crippen molar-refractivity contribution in [2.45, 2.75) is 32.4 Å². The Kier molecular flexibility index (Phi) is 7.89. The van der Waals surface area contributed by atoms with Gasteiger partial charge in [-0.3, -0.25) is 9.69 Å². The molecule has 0 aliphatic carbocycles. The number of urea groups is 1. The quantitative estimate of drug-likeness (QED) is 0.726. The number of carbonyl (C=O) groups is 2. The van der Waals surface area contributed by atoms with Gasteiger partial charge in [-0.1, -0.05) is 0 Å². The van der Waals surface area contributed by atoms with Gasteiger partial charge in [-0.2, -0.15) is 0 Å². The number of amides is 3. The molecular weight excluding hydrogens is 366 g/mol. The lowest BCUT2D eigenvalue weighted by molar-refractivity contribution is 0.0773. The van der Waals surface area contributed by atoms with Gasteiger partial charge in [0.1, 0.15) is 0 Å². The second-order valence-electron chi connectivity index (χ2n) is 7.31. The van der Waals surface area contributed by atoms with Crippen molar-refractivity contribution in [3.63, 3.8) is 0 Å². The summed E-state index contributed by atoms with van der Waals surface area (Å²) in [5, 5.41) is 8.92. The van der Waals surface area contributed by atoms with E-state index in [-0.39, 0.29) is 30.4 Å². The second-order valence-corrected chi connectivity index (χ2v) is 7.31. The van der Waals surface area contributed by atoms with Gasteiger partial charge in [0.05, 0.1) is 0 Å². The van der Waals surface area contributed by atoms with Crippen molar-refractivity contribution in [2.24, 2.45) is 0 Å². The standard InChI is InChI=1S/C19H29N5O2.ClH/c1-14(2)21-19(26)22-16-5-3-15(4-6-16)18(25)24-10-7-17(13-24)23-11-8-20-9-12-23;/h3-6,14,17,20H,7-13H2,1-2H3,(H2,21,22,26);1H. The van der Waals surface area contributed by atoms with Crippen LogP contribution in [0.2, 0.25) is 0 Å². The Balaban J connectivity index is 0.00000261. The van der Waals surface area contributed by atoms with Gasteiger partial charge in [-0.15, -0.1) is 12.4 Å². The summed E-state index contributed by atoms with van der Waals surface area (Å²) in [7, 11) is 0. The summed E-state index contributed by atoms with van der Waals surface area (Å²) in [5.74, 6) is 0.0702. The number of hydrogen-bond acceptors (Lipinski definition) is 4. The van der Waals surface area contributed by atoms with Crippen molar-refractivity contribution in [1.29, 1.82) is 0 Å². The highest BCUT2D eigenvalue weighted by molar-refractivity contribution is 5.95. The summed E-state index contributed by atoms with van der Waals surface area (Å²) in [6, 6.07) is 7.43. The van der Waals surface area contributed by atoms with Crippen LogP contribution in [-0.4, -0.2) is 73.1 Å². The van der Waals surface area contributed by atoms with Crippen molar-refractivity contribution in [2.75, 3.05) is 44.6 Å². The lowest BCUT2D eigenvalue weighted by Gasteiger charge is -2.32. The van der Waals surface area contributed by atoms with Crippen molar-refractivity contribution < 1.29 is 9.59 Å². The lowest BCUT2D eigenvalue weighted by Crippen LogP contribution is -2.49. The maximum atomic E-state index is 12.7. The van der Waals surface area contributed by atoms with E-state index in [9.17, 15) is 9.59 Å². The Morgan fingerprint density at radius 2 is 1.78 bits per heavy atom. The van der Waals surface area contributed by atoms with E-state index in [4.69, 9.17) is 0 Å². The number of benzene rings is 1. The number of hydrogen-bond donors (Lipinski definition) is 3. The minimum absolute atomic E-state index is 0. The summed E-state index contributed by atoms with van der Waals surface area (Å²) in [4.78, 5) is 28.9. The zero-order chi connectivity index (χ0) is 18.5. The molecule has 2 heterocycles. The first-order valence-corrected chi connectivity index (χ1v) is 9.44. The van der Waals surface area contributed by atoms with E-state index in [1.807, 2.05) is 18.7 Å². The fourth-order valence-electron chi connectivity index (χ4n) is 3.58. The highest BCUT2D eigenvalue weighted by atomic mass is 35.5. The molecule has 2 saturated heterocycles. The third-order valence-corrected chi connectivity index (χ3v) is 4.93. The van der Waals surface area contributed by atoms with Crippen LogP contribution < -0.4 is 16.0 Å². The molecule has 8 heteroatoms. The topological polar surface area (TPSA) is 76.7 Å². The van der Waals surface area contributed by atoms with E-state index in [0.29, 0.717) is 17.3 Å². The van der Waals surface area contributed by atoms with Crippen LogP contribution in [0.4, 0.5) is 10.5 Å². The van der Waals surface area contributed by atoms with Crippen molar-refractivity contribution in [1.82, 2.24) is 20.4 Å². The first-order chi connectivity index (χ1) is 12.5. The summed E-state index contributed by atoms with van der Waals surface area (Å²) in [6.45, 7) is 9.61. The lowest BCUT2D eigenvalue weighted by atomic mass is 10.2. The molecule has 0 bridgehead atoms. The second kappa shape index (κ2) is 9.92. The largest absolute Gasteiger partial charge is 0.337 e. The third kappa shape index (κ3) is 5.82. The number of rotatable bonds is 4. The summed E-state index contributed by atoms with van der Waals surface area (Å²) < 4.78 is 0. The van der Waals surface area contributed by atoms with Crippen LogP contribution in [0, 0.1) is 0 Å². The molecule has 150 valence electrons. The van der Waals surface area contributed by atoms with Gasteiger partial charge >= 0.3 is 6.03 Å². The monoisotopic (exact) mass is 395 g/mol. The fraction of sp³-hybridized carbons (Fsp3) is 0.579. The fourth-order valence-corrected chi connectivity index (χ4v) is 3.58. The zero-order valence-electron chi connectivity index (χ0n) is 16.0. The molecule has 3 amide bonds. The maximum absolute atomic E-state index is 12.7. The molecule has 1 aromatic rings. The van der Waals surface area contributed by atoms with E-state index in [1.165, 1.54) is 0 Å². The maximum Gasteiger partial charge on any atom is 0.319 e. The van der Waals surface area contributed by atoms with Crippen LogP contribution in [0.1, 0.15) is 30.6 Å². The van der Waals surface area contributed by atoms with Gasteiger partial charge in [-0.05, 0) is 44.5 Å². The molecule has 2 aliphatic rings. The summed E-state index contributed by atoms with van der Waals surface area (Å²) >= 11 is 0. The van der Waals surface area contributed by atoms with E-state index in [1.54, 1.807) is 24.3 Å². The smallest absolute Gasteiger partial charge is 0.319 e. The van der Waals surface area contributed by atoms with Crippen LogP contribution >= 0.6 is 12.4 Å². The van der Waals surface area contributed by atoms with E-state index in [0.717, 1.165) is 45.7 Å². The highest BCUT2D eigenvalue weighted by Crippen LogP contribution is 2.19. The SMILES string of the molecule is CC(C)NC(=O)Nc1ccc(C(=O)N2CCC(N3CCNCC3)C2)cc1.Cl. The molecule has 1 aromatic carbocycles. The van der Waals surface area contributed by atoms with Gasteiger partial charge in [0.15, 0.2) is 0 Å². The first-order valence-electron chi connectivity index (χ1n) is 9.44. The molecule has 7 nitrogen and oxygen atoms in total. The third-order valence-electron chi connectivity index (χ3n) is 4.93. The van der Waals surface area contributed by atoms with Crippen LogP contribution in [0.5, 0.6) is 0 Å². The number of anilines is 1. The minimum atomic E-state index is -0.238. The molecule has 0 aromatic heterocycles. The van der Waals surface area contributed by atoms with Gasteiger partial charge < -0.3 is 20.9 Å². The molecule has 27 heavy (non-hydrogen) atoms. The van der Waals surface area contributed by atoms with Crippen LogP contribution in [0.3, 0.4) is 0 Å². The molecule has 0 spiro atoms. The Morgan fingerprint density at radius 3 is 2.41 bits per heavy atom. The Morgan fingerprint density at radius 1 is 1.11 bits per heavy atom. The van der Waals surface area contributed by atoms with Crippen LogP contribution in [0.15, 0.2) is 24.3 Å². The predicted octanol–water partition coefficient (Wildman–Crippen LogP) is 1.76. The molecule has 3 N–H and O–H groups in total. The van der Waals surface area contributed by atoms with Crippen LogP contribution in [-0.2, 0) is 0 Å². The summed E-state index contributed by atoms with van der Waals surface area (Å²) in [5.41, 5.74) is 1.35. The number of likely N-dealkylation sites (tertiary alicyclic amines) is 1. The van der Waals surface area contributed by atoms with Gasteiger partial charge in [0.25, 0.3) is 5.91 Å². The Labute approximate surface area is 167 Å². The number of halogens is 1. The average molecular weight is 396 g/mol. The van der Waals surface area contributed by atoms with Gasteiger partial charge in [0.2, 0.25) is 0 Å². The first kappa shape index (κ1) is 21.5. The predicted molar refractivity (Wildman–Crippen MR) is 110 cm³/mol. The number of nitrogens with one attached hydrogen (secondary N) is 3. The van der Waals surface area contributed by atoms with Crippen molar-refractivity contribution in [3.05, 3.63) is 29.8 Å². The van der Waals surface area contributed by atoms with Crippen molar-refractivity contribution >= 4 is 30.0 Å². The molecule has 0 radical (unpaired) electrons. The average Bonchev–Trinajstić information content (AvgIpc) is 3.12.